The molecule has 3 rings (SSSR count). The van der Waals surface area contributed by atoms with Crippen LogP contribution in [0, 0.1) is 13.8 Å². The van der Waals surface area contributed by atoms with Crippen LogP contribution in [0.3, 0.4) is 0 Å². The third-order valence-electron chi connectivity index (χ3n) is 4.60. The van der Waals surface area contributed by atoms with E-state index in [0.717, 1.165) is 22.6 Å². The molecule has 0 bridgehead atoms. The molecule has 0 heterocycles. The van der Waals surface area contributed by atoms with Gasteiger partial charge in [0.15, 0.2) is 0 Å². The lowest BCUT2D eigenvalue weighted by Crippen LogP contribution is -2.25. The van der Waals surface area contributed by atoms with E-state index in [1.807, 2.05) is 43.3 Å². The summed E-state index contributed by atoms with van der Waals surface area (Å²) >= 11 is 0. The van der Waals surface area contributed by atoms with E-state index < -0.39 is 10.0 Å². The Kier molecular flexibility index (Phi) is 6.02. The minimum atomic E-state index is -3.54. The van der Waals surface area contributed by atoms with Crippen molar-refractivity contribution in [1.82, 2.24) is 4.72 Å². The number of nitrogens with one attached hydrogen (secondary N) is 1. The lowest BCUT2D eigenvalue weighted by atomic mass is 10.1. The number of anilines is 1. The van der Waals surface area contributed by atoms with Crippen LogP contribution in [0.5, 0.6) is 11.5 Å². The van der Waals surface area contributed by atoms with Gasteiger partial charge in [-0.1, -0.05) is 24.3 Å². The summed E-state index contributed by atoms with van der Waals surface area (Å²) in [5.41, 5.74) is 9.45. The maximum Gasteiger partial charge on any atom is 0.240 e. The van der Waals surface area contributed by atoms with E-state index in [0.29, 0.717) is 18.7 Å². The lowest BCUT2D eigenvalue weighted by molar-refractivity contribution is 0.478. The first-order valence-corrected chi connectivity index (χ1v) is 10.5. The van der Waals surface area contributed by atoms with Crippen molar-refractivity contribution in [1.29, 1.82) is 0 Å². The molecule has 3 N–H and O–H groups in total. The van der Waals surface area contributed by atoms with Gasteiger partial charge in [0.25, 0.3) is 0 Å². The van der Waals surface area contributed by atoms with Gasteiger partial charge in [-0.05, 0) is 79.4 Å². The Bertz CT molecular complexity index is 1040. The van der Waals surface area contributed by atoms with Crippen molar-refractivity contribution in [2.75, 3.05) is 12.3 Å². The number of nitrogens with two attached hydrogens (primary N) is 1. The number of rotatable bonds is 7. The fourth-order valence-corrected chi connectivity index (χ4v) is 3.78. The number of hydrogen-bond acceptors (Lipinski definition) is 4. The van der Waals surface area contributed by atoms with Crippen molar-refractivity contribution in [3.05, 3.63) is 83.4 Å². The van der Waals surface area contributed by atoms with Gasteiger partial charge in [0.2, 0.25) is 10.0 Å². The Balaban J connectivity index is 1.57. The number of hydrogen-bond donors (Lipinski definition) is 2. The molecule has 6 heteroatoms. The Morgan fingerprint density at radius 1 is 0.929 bits per heavy atom. The molecule has 5 nitrogen and oxygen atoms in total. The number of ether oxygens (including phenoxy) is 1. The van der Waals surface area contributed by atoms with Crippen molar-refractivity contribution in [2.45, 2.75) is 25.2 Å². The molecule has 0 amide bonds. The summed E-state index contributed by atoms with van der Waals surface area (Å²) in [6.45, 7) is 4.40. The zero-order valence-electron chi connectivity index (χ0n) is 16.0. The average Bonchev–Trinajstić information content (AvgIpc) is 2.67. The third-order valence-corrected chi connectivity index (χ3v) is 6.08. The maximum absolute atomic E-state index is 12.3. The standard InChI is InChI=1S/C22H24N2O3S/c1-16-4-3-5-22(17(16)2)27-20-10-6-18(7-11-20)14-15-24-28(25,26)21-12-8-19(23)9-13-21/h3-13,24H,14-15,23H2,1-2H3. The Morgan fingerprint density at radius 3 is 2.29 bits per heavy atom. The summed E-state index contributed by atoms with van der Waals surface area (Å²) < 4.78 is 33.1. The van der Waals surface area contributed by atoms with Crippen molar-refractivity contribution >= 4 is 15.7 Å². The molecule has 3 aromatic rings. The predicted molar refractivity (Wildman–Crippen MR) is 112 cm³/mol. The fraction of sp³-hybridized carbons (Fsp3) is 0.182. The van der Waals surface area contributed by atoms with E-state index in [1.165, 1.54) is 17.7 Å². The highest BCUT2D eigenvalue weighted by atomic mass is 32.2. The van der Waals surface area contributed by atoms with E-state index in [2.05, 4.69) is 17.7 Å². The zero-order valence-corrected chi connectivity index (χ0v) is 16.8. The summed E-state index contributed by atoms with van der Waals surface area (Å²) in [5, 5.41) is 0. The van der Waals surface area contributed by atoms with Crippen molar-refractivity contribution in [3.63, 3.8) is 0 Å². The second-order valence-electron chi connectivity index (χ2n) is 6.66. The molecule has 0 atom stereocenters. The molecule has 0 radical (unpaired) electrons. The molecule has 28 heavy (non-hydrogen) atoms. The quantitative estimate of drug-likeness (QED) is 0.587. The largest absolute Gasteiger partial charge is 0.457 e. The van der Waals surface area contributed by atoms with E-state index >= 15 is 0 Å². The normalized spacial score (nSPS) is 11.4. The van der Waals surface area contributed by atoms with Crippen LogP contribution in [-0.4, -0.2) is 15.0 Å². The first kappa shape index (κ1) is 19.9. The summed E-state index contributed by atoms with van der Waals surface area (Å²) in [7, 11) is -3.54. The van der Waals surface area contributed by atoms with Gasteiger partial charge in [-0.25, -0.2) is 13.1 Å². The summed E-state index contributed by atoms with van der Waals surface area (Å²) in [6, 6.07) is 19.8. The van der Waals surface area contributed by atoms with Gasteiger partial charge in [-0.2, -0.15) is 0 Å². The highest BCUT2D eigenvalue weighted by molar-refractivity contribution is 7.89. The van der Waals surface area contributed by atoms with Gasteiger partial charge in [0.1, 0.15) is 11.5 Å². The van der Waals surface area contributed by atoms with Crippen LogP contribution in [0.2, 0.25) is 0 Å². The van der Waals surface area contributed by atoms with E-state index in [-0.39, 0.29) is 4.90 Å². The van der Waals surface area contributed by atoms with Gasteiger partial charge < -0.3 is 10.5 Å². The monoisotopic (exact) mass is 396 g/mol. The van der Waals surface area contributed by atoms with Gasteiger partial charge in [0, 0.05) is 12.2 Å². The van der Waals surface area contributed by atoms with Gasteiger partial charge in [0.05, 0.1) is 4.90 Å². The molecular weight excluding hydrogens is 372 g/mol. The van der Waals surface area contributed by atoms with Gasteiger partial charge in [-0.15, -0.1) is 0 Å². The number of nitrogen functional groups attached to an aromatic ring is 1. The van der Waals surface area contributed by atoms with Crippen molar-refractivity contribution < 1.29 is 13.2 Å². The highest BCUT2D eigenvalue weighted by Gasteiger charge is 2.12. The molecule has 3 aromatic carbocycles. The average molecular weight is 397 g/mol. The molecule has 0 saturated carbocycles. The number of aryl methyl sites for hydroxylation is 1. The molecule has 146 valence electrons. The van der Waals surface area contributed by atoms with Crippen LogP contribution in [0.1, 0.15) is 16.7 Å². The lowest BCUT2D eigenvalue weighted by Gasteiger charge is -2.11. The van der Waals surface area contributed by atoms with Crippen molar-refractivity contribution in [3.8, 4) is 11.5 Å². The van der Waals surface area contributed by atoms with Gasteiger partial charge in [-0.3, -0.25) is 0 Å². The van der Waals surface area contributed by atoms with E-state index in [1.54, 1.807) is 12.1 Å². The molecule has 0 aliphatic heterocycles. The first-order chi connectivity index (χ1) is 13.3. The van der Waals surface area contributed by atoms with Crippen molar-refractivity contribution in [2.24, 2.45) is 0 Å². The smallest absolute Gasteiger partial charge is 0.240 e. The second-order valence-corrected chi connectivity index (χ2v) is 8.43. The topological polar surface area (TPSA) is 81.4 Å². The van der Waals surface area contributed by atoms with Crippen LogP contribution in [0.15, 0.2) is 71.6 Å². The molecule has 0 unspecified atom stereocenters. The second kappa shape index (κ2) is 8.46. The van der Waals surface area contributed by atoms with Crippen LogP contribution in [-0.2, 0) is 16.4 Å². The van der Waals surface area contributed by atoms with Crippen LogP contribution >= 0.6 is 0 Å². The molecule has 0 aromatic heterocycles. The summed E-state index contributed by atoms with van der Waals surface area (Å²) in [5.74, 6) is 1.59. The Hall–Kier alpha value is -2.83. The van der Waals surface area contributed by atoms with Crippen LogP contribution < -0.4 is 15.2 Å². The SMILES string of the molecule is Cc1cccc(Oc2ccc(CCNS(=O)(=O)c3ccc(N)cc3)cc2)c1C. The van der Waals surface area contributed by atoms with E-state index in [4.69, 9.17) is 10.5 Å². The number of sulfonamides is 1. The Labute approximate surface area is 166 Å². The summed E-state index contributed by atoms with van der Waals surface area (Å²) in [6.07, 6.45) is 0.581. The third kappa shape index (κ3) is 4.91. The fourth-order valence-electron chi connectivity index (χ4n) is 2.75. The maximum atomic E-state index is 12.3. The van der Waals surface area contributed by atoms with E-state index in [9.17, 15) is 8.42 Å². The van der Waals surface area contributed by atoms with Crippen LogP contribution in [0.25, 0.3) is 0 Å². The predicted octanol–water partition coefficient (Wildman–Crippen LogP) is 4.20. The molecule has 0 aliphatic rings. The molecule has 0 fully saturated rings. The summed E-state index contributed by atoms with van der Waals surface area (Å²) in [4.78, 5) is 0.207. The minimum absolute atomic E-state index is 0.207. The number of benzene rings is 3. The minimum Gasteiger partial charge on any atom is -0.457 e. The molecule has 0 saturated heterocycles. The molecule has 0 spiro atoms. The van der Waals surface area contributed by atoms with Crippen LogP contribution in [0.4, 0.5) is 5.69 Å². The Morgan fingerprint density at radius 2 is 1.61 bits per heavy atom. The zero-order chi connectivity index (χ0) is 20.1. The first-order valence-electron chi connectivity index (χ1n) is 9.03. The van der Waals surface area contributed by atoms with Gasteiger partial charge >= 0.3 is 0 Å². The molecular formula is C22H24N2O3S. The highest BCUT2D eigenvalue weighted by Crippen LogP contribution is 2.27. The molecule has 0 aliphatic carbocycles.